The number of nitrogens with two attached hydrogens (primary N) is 1. The first kappa shape index (κ1) is 16.2. The smallest absolute Gasteiger partial charge is 0.341 e. The molecule has 1 unspecified atom stereocenters. The van der Waals surface area contributed by atoms with Gasteiger partial charge in [-0.3, -0.25) is 0 Å². The number of carbonyl (C=O) groups is 1. The van der Waals surface area contributed by atoms with E-state index in [1.54, 1.807) is 20.1 Å². The Labute approximate surface area is 119 Å². The lowest BCUT2D eigenvalue weighted by molar-refractivity contribution is 0.0527. The van der Waals surface area contributed by atoms with Gasteiger partial charge in [0.2, 0.25) is 0 Å². The van der Waals surface area contributed by atoms with Gasteiger partial charge in [0.15, 0.2) is 0 Å². The van der Waals surface area contributed by atoms with E-state index < -0.39 is 5.97 Å². The number of rotatable bonds is 8. The summed E-state index contributed by atoms with van der Waals surface area (Å²) >= 11 is 0. The molecule has 0 aliphatic rings. The number of esters is 1. The number of nitrogen functional groups attached to an aromatic ring is 1. The second-order valence-corrected chi connectivity index (χ2v) is 4.47. The third kappa shape index (κ3) is 4.70. The van der Waals surface area contributed by atoms with Crippen molar-refractivity contribution >= 4 is 17.5 Å². The lowest BCUT2D eigenvalue weighted by Crippen LogP contribution is -2.26. The van der Waals surface area contributed by atoms with Crippen molar-refractivity contribution < 1.29 is 14.3 Å². The highest BCUT2D eigenvalue weighted by atomic mass is 16.5. The monoisotopic (exact) mass is 281 g/mol. The number of aromatic nitrogens is 1. The number of nitrogens with zero attached hydrogens (tertiary/aromatic N) is 1. The molecule has 20 heavy (non-hydrogen) atoms. The number of hydrogen-bond acceptors (Lipinski definition) is 6. The number of methoxy groups -OCH3 is 1. The van der Waals surface area contributed by atoms with Crippen LogP contribution in [0, 0.1) is 0 Å². The Kier molecular flexibility index (Phi) is 6.79. The third-order valence-electron chi connectivity index (χ3n) is 2.75. The summed E-state index contributed by atoms with van der Waals surface area (Å²) in [6.07, 6.45) is 3.44. The van der Waals surface area contributed by atoms with Crippen molar-refractivity contribution in [1.29, 1.82) is 0 Å². The molecule has 0 bridgehead atoms. The van der Waals surface area contributed by atoms with E-state index in [2.05, 4.69) is 17.2 Å². The molecule has 1 aromatic heterocycles. The van der Waals surface area contributed by atoms with Crippen LogP contribution in [0.25, 0.3) is 0 Å². The quantitative estimate of drug-likeness (QED) is 0.709. The molecule has 0 saturated carbocycles. The summed E-state index contributed by atoms with van der Waals surface area (Å²) in [6, 6.07) is 1.66. The van der Waals surface area contributed by atoms with Crippen LogP contribution in [0.3, 0.4) is 0 Å². The summed E-state index contributed by atoms with van der Waals surface area (Å²) in [5.74, 6) is 0.0515. The molecule has 0 aromatic carbocycles. The van der Waals surface area contributed by atoms with E-state index in [1.165, 1.54) is 6.20 Å². The normalized spacial score (nSPS) is 11.9. The second kappa shape index (κ2) is 8.37. The SMILES string of the molecule is CCCC(COC)Nc1ncc(N)cc1C(=O)OCC. The zero-order chi connectivity index (χ0) is 15.0. The molecule has 0 amide bonds. The maximum absolute atomic E-state index is 11.9. The van der Waals surface area contributed by atoms with E-state index in [4.69, 9.17) is 15.2 Å². The number of hydrogen-bond donors (Lipinski definition) is 2. The Morgan fingerprint density at radius 2 is 2.25 bits per heavy atom. The van der Waals surface area contributed by atoms with Gasteiger partial charge in [0.1, 0.15) is 11.4 Å². The first-order valence-electron chi connectivity index (χ1n) is 6.80. The Hall–Kier alpha value is -1.82. The molecule has 1 atom stereocenters. The van der Waals surface area contributed by atoms with Crippen LogP contribution in [-0.2, 0) is 9.47 Å². The van der Waals surface area contributed by atoms with Gasteiger partial charge in [-0.2, -0.15) is 0 Å². The van der Waals surface area contributed by atoms with Crippen molar-refractivity contribution in [3.63, 3.8) is 0 Å². The van der Waals surface area contributed by atoms with Gasteiger partial charge in [0, 0.05) is 7.11 Å². The van der Waals surface area contributed by atoms with Crippen molar-refractivity contribution in [2.24, 2.45) is 0 Å². The van der Waals surface area contributed by atoms with E-state index >= 15 is 0 Å². The van der Waals surface area contributed by atoms with Crippen LogP contribution >= 0.6 is 0 Å². The van der Waals surface area contributed by atoms with E-state index in [-0.39, 0.29) is 6.04 Å². The predicted octanol–water partition coefficient (Wildman–Crippen LogP) is 2.07. The summed E-state index contributed by atoms with van der Waals surface area (Å²) in [4.78, 5) is 16.1. The molecule has 0 fully saturated rings. The van der Waals surface area contributed by atoms with Gasteiger partial charge in [-0.05, 0) is 19.4 Å². The maximum Gasteiger partial charge on any atom is 0.341 e. The average molecular weight is 281 g/mol. The highest BCUT2D eigenvalue weighted by Crippen LogP contribution is 2.18. The molecule has 1 aromatic rings. The van der Waals surface area contributed by atoms with Crippen LogP contribution in [0.5, 0.6) is 0 Å². The first-order valence-corrected chi connectivity index (χ1v) is 6.80. The summed E-state index contributed by atoms with van der Waals surface area (Å²) in [5.41, 5.74) is 6.47. The van der Waals surface area contributed by atoms with Gasteiger partial charge < -0.3 is 20.5 Å². The van der Waals surface area contributed by atoms with Gasteiger partial charge in [0.05, 0.1) is 31.1 Å². The maximum atomic E-state index is 11.9. The van der Waals surface area contributed by atoms with Crippen LogP contribution in [0.2, 0.25) is 0 Å². The molecule has 1 rings (SSSR count). The topological polar surface area (TPSA) is 86.5 Å². The first-order chi connectivity index (χ1) is 9.62. The lowest BCUT2D eigenvalue weighted by Gasteiger charge is -2.19. The minimum absolute atomic E-state index is 0.0919. The Balaban J connectivity index is 2.94. The molecule has 0 aliphatic carbocycles. The molecule has 0 saturated heterocycles. The zero-order valence-corrected chi connectivity index (χ0v) is 12.3. The fraction of sp³-hybridized carbons (Fsp3) is 0.571. The Morgan fingerprint density at radius 1 is 1.50 bits per heavy atom. The molecule has 1 heterocycles. The molecule has 0 radical (unpaired) electrons. The highest BCUT2D eigenvalue weighted by molar-refractivity contribution is 5.95. The summed E-state index contributed by atoms with van der Waals surface area (Å²) < 4.78 is 10.2. The average Bonchev–Trinajstić information content (AvgIpc) is 2.41. The van der Waals surface area contributed by atoms with Gasteiger partial charge >= 0.3 is 5.97 Å². The molecule has 0 spiro atoms. The van der Waals surface area contributed by atoms with E-state index in [1.807, 2.05) is 0 Å². The molecular formula is C14H23N3O3. The van der Waals surface area contributed by atoms with Crippen molar-refractivity contribution in [2.45, 2.75) is 32.7 Å². The van der Waals surface area contributed by atoms with Crippen LogP contribution in [0.15, 0.2) is 12.3 Å². The number of ether oxygens (including phenoxy) is 2. The van der Waals surface area contributed by atoms with Gasteiger partial charge in [0.25, 0.3) is 0 Å². The van der Waals surface area contributed by atoms with Gasteiger partial charge in [-0.15, -0.1) is 0 Å². The molecule has 0 aliphatic heterocycles. The Bertz CT molecular complexity index is 432. The van der Waals surface area contributed by atoms with E-state index in [0.29, 0.717) is 30.3 Å². The van der Waals surface area contributed by atoms with Crippen molar-refractivity contribution in [3.05, 3.63) is 17.8 Å². The molecule has 112 valence electrons. The lowest BCUT2D eigenvalue weighted by atomic mass is 10.1. The molecular weight excluding hydrogens is 258 g/mol. The number of pyridine rings is 1. The number of carbonyl (C=O) groups excluding carboxylic acids is 1. The second-order valence-electron chi connectivity index (χ2n) is 4.47. The standard InChI is InChI=1S/C14H23N3O3/c1-4-6-11(9-19-3)17-13-12(14(18)20-5-2)7-10(15)8-16-13/h7-8,11H,4-6,9,15H2,1-3H3,(H,16,17). The van der Waals surface area contributed by atoms with Gasteiger partial charge in [-0.1, -0.05) is 13.3 Å². The van der Waals surface area contributed by atoms with Crippen LogP contribution in [-0.4, -0.2) is 37.3 Å². The number of nitrogens with one attached hydrogen (secondary N) is 1. The van der Waals surface area contributed by atoms with E-state index in [0.717, 1.165) is 12.8 Å². The zero-order valence-electron chi connectivity index (χ0n) is 12.3. The third-order valence-corrected chi connectivity index (χ3v) is 2.75. The van der Waals surface area contributed by atoms with Crippen molar-refractivity contribution in [1.82, 2.24) is 4.98 Å². The minimum atomic E-state index is -0.428. The summed E-state index contributed by atoms with van der Waals surface area (Å²) in [5, 5.41) is 3.22. The fourth-order valence-corrected chi connectivity index (χ4v) is 1.90. The van der Waals surface area contributed by atoms with Crippen LogP contribution in [0.4, 0.5) is 11.5 Å². The summed E-state index contributed by atoms with van der Waals surface area (Å²) in [6.45, 7) is 4.70. The minimum Gasteiger partial charge on any atom is -0.462 e. The fourth-order valence-electron chi connectivity index (χ4n) is 1.90. The van der Waals surface area contributed by atoms with Crippen molar-refractivity contribution in [2.75, 3.05) is 31.4 Å². The van der Waals surface area contributed by atoms with Gasteiger partial charge in [-0.25, -0.2) is 9.78 Å². The number of anilines is 2. The van der Waals surface area contributed by atoms with Crippen molar-refractivity contribution in [3.8, 4) is 0 Å². The summed E-state index contributed by atoms with van der Waals surface area (Å²) in [7, 11) is 1.65. The van der Waals surface area contributed by atoms with Crippen LogP contribution < -0.4 is 11.1 Å². The molecule has 3 N–H and O–H groups in total. The molecule has 6 nitrogen and oxygen atoms in total. The Morgan fingerprint density at radius 3 is 2.85 bits per heavy atom. The van der Waals surface area contributed by atoms with E-state index in [9.17, 15) is 4.79 Å². The van der Waals surface area contributed by atoms with Crippen LogP contribution in [0.1, 0.15) is 37.0 Å². The predicted molar refractivity (Wildman–Crippen MR) is 78.8 cm³/mol. The molecule has 6 heteroatoms. The largest absolute Gasteiger partial charge is 0.462 e. The highest BCUT2D eigenvalue weighted by Gasteiger charge is 2.17.